The van der Waals surface area contributed by atoms with Gasteiger partial charge >= 0.3 is 6.09 Å². The zero-order chi connectivity index (χ0) is 14.1. The fourth-order valence-electron chi connectivity index (χ4n) is 1.62. The van der Waals surface area contributed by atoms with Crippen LogP contribution < -0.4 is 5.73 Å². The molecular weight excluding hydrogens is 253 g/mol. The van der Waals surface area contributed by atoms with Crippen molar-refractivity contribution in [2.24, 2.45) is 5.73 Å². The zero-order valence-corrected chi connectivity index (χ0v) is 10.8. The molecule has 1 rings (SSSR count). The smallest absolute Gasteiger partial charge is 0.405 e. The molecule has 106 valence electrons. The highest BCUT2D eigenvalue weighted by atomic mass is 19.1. The summed E-state index contributed by atoms with van der Waals surface area (Å²) in [6, 6.07) is 5.76. The summed E-state index contributed by atoms with van der Waals surface area (Å²) in [5.74, 6) is -0.343. The van der Waals surface area contributed by atoms with E-state index in [-0.39, 0.29) is 12.6 Å². The molecule has 0 saturated heterocycles. The van der Waals surface area contributed by atoms with Gasteiger partial charge in [0.1, 0.15) is 18.7 Å². The van der Waals surface area contributed by atoms with E-state index in [9.17, 15) is 9.18 Å². The number of carbonyl (C=O) groups is 1. The van der Waals surface area contributed by atoms with Crippen LogP contribution in [0.4, 0.5) is 9.18 Å². The Morgan fingerprint density at radius 2 is 2.05 bits per heavy atom. The summed E-state index contributed by atoms with van der Waals surface area (Å²) in [6.45, 7) is 0.700. The topological polar surface area (TPSA) is 70.8 Å². The molecule has 0 bridgehead atoms. The predicted octanol–water partition coefficient (Wildman–Crippen LogP) is 2.36. The van der Waals surface area contributed by atoms with Gasteiger partial charge in [-0.1, -0.05) is 12.1 Å². The van der Waals surface area contributed by atoms with Crippen molar-refractivity contribution in [2.45, 2.75) is 18.9 Å². The number of hydrogen-bond acceptors (Lipinski definition) is 4. The van der Waals surface area contributed by atoms with E-state index < -0.39 is 12.2 Å². The molecule has 0 heterocycles. The van der Waals surface area contributed by atoms with Crippen LogP contribution in [0.5, 0.6) is 0 Å². The summed E-state index contributed by atoms with van der Waals surface area (Å²) in [6.07, 6.45) is -0.145. The van der Waals surface area contributed by atoms with Crippen LogP contribution in [0.15, 0.2) is 24.3 Å². The Balaban J connectivity index is 2.51. The van der Waals surface area contributed by atoms with Crippen LogP contribution in [-0.2, 0) is 14.2 Å². The van der Waals surface area contributed by atoms with Gasteiger partial charge in [0.05, 0.1) is 0 Å². The highest BCUT2D eigenvalue weighted by Crippen LogP contribution is 2.23. The van der Waals surface area contributed by atoms with Crippen LogP contribution in [0, 0.1) is 5.82 Å². The van der Waals surface area contributed by atoms with E-state index in [4.69, 9.17) is 19.9 Å². The van der Waals surface area contributed by atoms with Gasteiger partial charge in [0.25, 0.3) is 0 Å². The van der Waals surface area contributed by atoms with Crippen molar-refractivity contribution in [3.63, 3.8) is 0 Å². The Labute approximate surface area is 111 Å². The van der Waals surface area contributed by atoms with Gasteiger partial charge < -0.3 is 19.9 Å². The third kappa shape index (κ3) is 6.17. The molecule has 1 aromatic carbocycles. The molecule has 0 aromatic heterocycles. The number of ether oxygens (including phenoxy) is 3. The maximum absolute atomic E-state index is 12.8. The van der Waals surface area contributed by atoms with Crippen LogP contribution in [-0.4, -0.2) is 26.6 Å². The van der Waals surface area contributed by atoms with Crippen molar-refractivity contribution < 1.29 is 23.4 Å². The number of halogens is 1. The molecule has 0 fully saturated rings. The first-order valence-electron chi connectivity index (χ1n) is 5.91. The lowest BCUT2D eigenvalue weighted by molar-refractivity contribution is -0.0340. The SMILES string of the molecule is COCOCCC[C@@H](OC(N)=O)c1ccc(F)cc1. The molecule has 0 saturated carbocycles. The van der Waals surface area contributed by atoms with Crippen molar-refractivity contribution in [1.82, 2.24) is 0 Å². The lowest BCUT2D eigenvalue weighted by atomic mass is 10.0. The van der Waals surface area contributed by atoms with E-state index in [0.29, 0.717) is 25.0 Å². The van der Waals surface area contributed by atoms with Gasteiger partial charge in [0.15, 0.2) is 0 Å². The lowest BCUT2D eigenvalue weighted by Crippen LogP contribution is -2.18. The Bertz CT molecular complexity index is 383. The van der Waals surface area contributed by atoms with Crippen LogP contribution in [0.3, 0.4) is 0 Å². The van der Waals surface area contributed by atoms with Crippen molar-refractivity contribution in [1.29, 1.82) is 0 Å². The largest absolute Gasteiger partial charge is 0.442 e. The maximum atomic E-state index is 12.8. The normalized spacial score (nSPS) is 12.1. The fourth-order valence-corrected chi connectivity index (χ4v) is 1.62. The first kappa shape index (κ1) is 15.4. The highest BCUT2D eigenvalue weighted by Gasteiger charge is 2.15. The fraction of sp³-hybridized carbons (Fsp3) is 0.462. The number of methoxy groups -OCH3 is 1. The van der Waals surface area contributed by atoms with E-state index in [1.165, 1.54) is 19.2 Å². The molecule has 0 aliphatic carbocycles. The molecule has 1 amide bonds. The molecule has 0 aliphatic heterocycles. The Morgan fingerprint density at radius 1 is 1.37 bits per heavy atom. The minimum atomic E-state index is -0.855. The summed E-state index contributed by atoms with van der Waals surface area (Å²) in [7, 11) is 1.54. The Hall–Kier alpha value is -1.66. The molecule has 5 nitrogen and oxygen atoms in total. The van der Waals surface area contributed by atoms with Gasteiger partial charge in [0.2, 0.25) is 0 Å². The van der Waals surface area contributed by atoms with E-state index >= 15 is 0 Å². The maximum Gasteiger partial charge on any atom is 0.405 e. The average Bonchev–Trinajstić information content (AvgIpc) is 2.38. The van der Waals surface area contributed by atoms with E-state index in [0.717, 1.165) is 0 Å². The van der Waals surface area contributed by atoms with Crippen molar-refractivity contribution in [3.05, 3.63) is 35.6 Å². The quantitative estimate of drug-likeness (QED) is 0.582. The van der Waals surface area contributed by atoms with Gasteiger partial charge in [-0.15, -0.1) is 0 Å². The molecule has 1 atom stereocenters. The van der Waals surface area contributed by atoms with E-state index in [2.05, 4.69) is 0 Å². The molecule has 0 spiro atoms. The summed E-state index contributed by atoms with van der Waals surface area (Å²) in [4.78, 5) is 10.9. The molecule has 0 aliphatic rings. The van der Waals surface area contributed by atoms with Gasteiger partial charge in [-0.05, 0) is 30.5 Å². The summed E-state index contributed by atoms with van der Waals surface area (Å²) in [5, 5.41) is 0. The van der Waals surface area contributed by atoms with Gasteiger partial charge in [-0.2, -0.15) is 0 Å². The molecule has 19 heavy (non-hydrogen) atoms. The van der Waals surface area contributed by atoms with Crippen LogP contribution in [0.1, 0.15) is 24.5 Å². The third-order valence-electron chi connectivity index (χ3n) is 2.46. The van der Waals surface area contributed by atoms with Crippen LogP contribution >= 0.6 is 0 Å². The number of hydrogen-bond donors (Lipinski definition) is 1. The van der Waals surface area contributed by atoms with E-state index in [1.54, 1.807) is 12.1 Å². The number of amides is 1. The number of primary amides is 1. The number of rotatable bonds is 8. The molecule has 2 N–H and O–H groups in total. The van der Waals surface area contributed by atoms with Gasteiger partial charge in [-0.3, -0.25) is 0 Å². The molecule has 6 heteroatoms. The molecule has 0 radical (unpaired) electrons. The standard InChI is InChI=1S/C13H18FNO4/c1-17-9-18-8-2-3-12(19-13(15)16)10-4-6-11(14)7-5-10/h4-7,12H,2-3,8-9H2,1H3,(H2,15,16)/t12-/m1/s1. The number of benzene rings is 1. The van der Waals surface area contributed by atoms with E-state index in [1.807, 2.05) is 0 Å². The second-order valence-electron chi connectivity index (χ2n) is 3.93. The Kier molecular flexibility index (Phi) is 6.84. The Morgan fingerprint density at radius 3 is 2.63 bits per heavy atom. The van der Waals surface area contributed by atoms with Crippen molar-refractivity contribution in [3.8, 4) is 0 Å². The summed E-state index contributed by atoms with van der Waals surface area (Å²) in [5.41, 5.74) is 5.73. The first-order chi connectivity index (χ1) is 9.13. The van der Waals surface area contributed by atoms with Gasteiger partial charge in [-0.25, -0.2) is 9.18 Å². The third-order valence-corrected chi connectivity index (χ3v) is 2.46. The number of carbonyl (C=O) groups excluding carboxylic acids is 1. The van der Waals surface area contributed by atoms with Crippen molar-refractivity contribution in [2.75, 3.05) is 20.5 Å². The first-order valence-corrected chi connectivity index (χ1v) is 5.91. The molecule has 0 unspecified atom stereocenters. The highest BCUT2D eigenvalue weighted by molar-refractivity contribution is 5.65. The lowest BCUT2D eigenvalue weighted by Gasteiger charge is -2.17. The average molecular weight is 271 g/mol. The summed E-state index contributed by atoms with van der Waals surface area (Å²) >= 11 is 0. The molecular formula is C13H18FNO4. The van der Waals surface area contributed by atoms with Crippen molar-refractivity contribution >= 4 is 6.09 Å². The minimum Gasteiger partial charge on any atom is -0.442 e. The second-order valence-corrected chi connectivity index (χ2v) is 3.93. The second kappa shape index (κ2) is 8.44. The van der Waals surface area contributed by atoms with Crippen LogP contribution in [0.2, 0.25) is 0 Å². The zero-order valence-electron chi connectivity index (χ0n) is 10.8. The minimum absolute atomic E-state index is 0.220. The number of nitrogens with two attached hydrogens (primary N) is 1. The van der Waals surface area contributed by atoms with Crippen LogP contribution in [0.25, 0.3) is 0 Å². The van der Waals surface area contributed by atoms with Gasteiger partial charge in [0, 0.05) is 13.7 Å². The molecule has 1 aromatic rings. The predicted molar refractivity (Wildman–Crippen MR) is 66.9 cm³/mol. The summed E-state index contributed by atoms with van der Waals surface area (Å²) < 4.78 is 27.7. The monoisotopic (exact) mass is 271 g/mol.